The van der Waals surface area contributed by atoms with E-state index in [1.807, 2.05) is 0 Å². The van der Waals surface area contributed by atoms with Crippen LogP contribution in [0.5, 0.6) is 0 Å². The van der Waals surface area contributed by atoms with E-state index in [9.17, 15) is 29.4 Å². The Morgan fingerprint density at radius 3 is 2.39 bits per heavy atom. The van der Waals surface area contributed by atoms with Crippen molar-refractivity contribution in [2.24, 2.45) is 11.5 Å². The molecule has 0 aliphatic rings. The van der Waals surface area contributed by atoms with E-state index >= 15 is 0 Å². The number of rotatable bonds is 13. The highest BCUT2D eigenvalue weighted by atomic mass is 16.4. The molecule has 0 aliphatic heterocycles. The second kappa shape index (κ2) is 10.2. The van der Waals surface area contributed by atoms with E-state index in [-0.39, 0.29) is 18.5 Å². The van der Waals surface area contributed by atoms with E-state index in [1.54, 1.807) is 0 Å². The molecule has 0 aliphatic carbocycles. The second-order valence-electron chi connectivity index (χ2n) is 6.56. The number of carbonyl (C=O) groups is 4. The molecule has 2 heterocycles. The number of nitrogens with one attached hydrogen (secondary N) is 2. The Morgan fingerprint density at radius 1 is 1.16 bits per heavy atom. The molecule has 15 nitrogen and oxygen atoms in total. The number of carboxylic acids is 3. The summed E-state index contributed by atoms with van der Waals surface area (Å²) in [5, 5.41) is 29.0. The molecule has 0 spiro atoms. The number of primary amides is 1. The van der Waals surface area contributed by atoms with Crippen LogP contribution >= 0.6 is 0 Å². The second-order valence-corrected chi connectivity index (χ2v) is 6.56. The van der Waals surface area contributed by atoms with Gasteiger partial charge in [0, 0.05) is 24.7 Å². The van der Waals surface area contributed by atoms with Crippen LogP contribution < -0.4 is 22.0 Å². The van der Waals surface area contributed by atoms with Crippen molar-refractivity contribution in [1.29, 1.82) is 0 Å². The number of hydrazine groups is 1. The van der Waals surface area contributed by atoms with E-state index in [0.717, 1.165) is 16.1 Å². The number of amides is 1. The van der Waals surface area contributed by atoms with Gasteiger partial charge < -0.3 is 31.8 Å². The molecule has 2 aromatic rings. The van der Waals surface area contributed by atoms with Gasteiger partial charge in [0.05, 0.1) is 24.6 Å². The van der Waals surface area contributed by atoms with E-state index < -0.39 is 48.4 Å². The van der Waals surface area contributed by atoms with Crippen LogP contribution in [0.1, 0.15) is 17.8 Å². The third-order valence-corrected chi connectivity index (χ3v) is 4.16. The lowest BCUT2D eigenvalue weighted by Crippen LogP contribution is -2.61. The number of nitrogens with two attached hydrogens (primary N) is 2. The molecule has 1 amide bonds. The number of hydrogen-bond acceptors (Lipinski definition) is 9. The summed E-state index contributed by atoms with van der Waals surface area (Å²) in [4.78, 5) is 56.5. The van der Waals surface area contributed by atoms with Gasteiger partial charge in [-0.05, 0) is 0 Å². The van der Waals surface area contributed by atoms with Crippen LogP contribution in [0, 0.1) is 0 Å². The summed E-state index contributed by atoms with van der Waals surface area (Å²) in [7, 11) is 0. The first-order valence-electron chi connectivity index (χ1n) is 8.86. The van der Waals surface area contributed by atoms with Crippen LogP contribution in [-0.4, -0.2) is 76.9 Å². The minimum atomic E-state index is -1.60. The van der Waals surface area contributed by atoms with Gasteiger partial charge in [0.25, 0.3) is 0 Å². The predicted octanol–water partition coefficient (Wildman–Crippen LogP) is -2.97. The smallest absolute Gasteiger partial charge is 0.330 e. The maximum atomic E-state index is 11.8. The van der Waals surface area contributed by atoms with Crippen LogP contribution in [0.25, 0.3) is 0 Å². The van der Waals surface area contributed by atoms with Crippen LogP contribution in [0.15, 0.2) is 25.0 Å². The Kier molecular flexibility index (Phi) is 7.64. The van der Waals surface area contributed by atoms with Gasteiger partial charge >= 0.3 is 17.9 Å². The number of H-pyrrole nitrogens is 1. The summed E-state index contributed by atoms with van der Waals surface area (Å²) in [6, 6.07) is -4.18. The summed E-state index contributed by atoms with van der Waals surface area (Å²) in [6.07, 6.45) is 4.24. The lowest BCUT2D eigenvalue weighted by atomic mass is 10.1. The Bertz CT molecular complexity index is 928. The Balaban J connectivity index is 2.36. The van der Waals surface area contributed by atoms with Gasteiger partial charge in [0.15, 0.2) is 6.04 Å². The van der Waals surface area contributed by atoms with Gasteiger partial charge in [-0.2, -0.15) is 0 Å². The SMILES string of the molecule is NC(=O)C[C@@H](C(=O)O)N(N[C@@H](Cc1cnc[nH]1)C(=O)O)n1cnc(C[C@H](N)C(=O)O)c1. The molecule has 0 fully saturated rings. The molecule has 9 N–H and O–H groups in total. The van der Waals surface area contributed by atoms with Gasteiger partial charge in [-0.3, -0.25) is 14.4 Å². The van der Waals surface area contributed by atoms with Gasteiger partial charge in [0.2, 0.25) is 5.91 Å². The normalized spacial score (nSPS) is 13.8. The quantitative estimate of drug-likeness (QED) is 0.155. The van der Waals surface area contributed by atoms with Crippen molar-refractivity contribution in [3.05, 3.63) is 36.4 Å². The predicted molar refractivity (Wildman–Crippen MR) is 102 cm³/mol. The summed E-state index contributed by atoms with van der Waals surface area (Å²) in [6.45, 7) is 0. The topological polar surface area (TPSA) is 243 Å². The zero-order valence-electron chi connectivity index (χ0n) is 16.1. The Labute approximate surface area is 174 Å². The lowest BCUT2D eigenvalue weighted by molar-refractivity contribution is -0.143. The van der Waals surface area contributed by atoms with Gasteiger partial charge in [0.1, 0.15) is 18.4 Å². The molecule has 0 saturated heterocycles. The Morgan fingerprint density at radius 2 is 1.87 bits per heavy atom. The molecule has 0 saturated carbocycles. The fourth-order valence-electron chi connectivity index (χ4n) is 2.64. The highest BCUT2D eigenvalue weighted by Crippen LogP contribution is 2.09. The zero-order chi connectivity index (χ0) is 23.1. The molecule has 0 aromatic carbocycles. The molecular formula is C16H22N8O7. The molecule has 2 rings (SSSR count). The summed E-state index contributed by atoms with van der Waals surface area (Å²) >= 11 is 0. The van der Waals surface area contributed by atoms with Crippen LogP contribution in [0.4, 0.5) is 0 Å². The van der Waals surface area contributed by atoms with Crippen molar-refractivity contribution in [3.8, 4) is 0 Å². The van der Waals surface area contributed by atoms with E-state index in [0.29, 0.717) is 5.69 Å². The van der Waals surface area contributed by atoms with Crippen LogP contribution in [0.3, 0.4) is 0 Å². The molecule has 15 heteroatoms. The number of carbonyl (C=O) groups excluding carboxylic acids is 1. The van der Waals surface area contributed by atoms with Crippen molar-refractivity contribution in [1.82, 2.24) is 25.1 Å². The third-order valence-electron chi connectivity index (χ3n) is 4.16. The number of nitrogens with zero attached hydrogens (tertiary/aromatic N) is 4. The largest absolute Gasteiger partial charge is 0.480 e. The number of hydrogen-bond donors (Lipinski definition) is 7. The number of imidazole rings is 2. The first-order valence-corrected chi connectivity index (χ1v) is 8.86. The van der Waals surface area contributed by atoms with Crippen LogP contribution in [-0.2, 0) is 32.0 Å². The standard InChI is InChI=1S/C16H22N8O7/c17-10(14(26)27)1-9-5-23(7-21-9)24(12(16(30)31)3-13(18)25)22-11(15(28)29)2-8-4-19-6-20-8/h4-7,10-12,22H,1-3,17H2,(H2,18,25)(H,19,20)(H,26,27)(H,28,29)(H,30,31)/t10-,11-,12-/m0/s1. The monoisotopic (exact) mass is 438 g/mol. The number of aromatic amines is 1. The summed E-state index contributed by atoms with van der Waals surface area (Å²) < 4.78 is 1.09. The fraction of sp³-hybridized carbons (Fsp3) is 0.375. The molecule has 3 atom stereocenters. The van der Waals surface area contributed by atoms with Crippen molar-refractivity contribution in [2.75, 3.05) is 5.12 Å². The minimum absolute atomic E-state index is 0.0970. The number of carboxylic acid groups (broad SMARTS) is 3. The number of aliphatic carboxylic acids is 3. The molecule has 0 radical (unpaired) electrons. The fourth-order valence-corrected chi connectivity index (χ4v) is 2.64. The molecule has 168 valence electrons. The first-order chi connectivity index (χ1) is 14.6. The van der Waals surface area contributed by atoms with Gasteiger partial charge in [-0.1, -0.05) is 0 Å². The van der Waals surface area contributed by atoms with Crippen molar-refractivity contribution >= 4 is 23.8 Å². The van der Waals surface area contributed by atoms with Crippen molar-refractivity contribution in [2.45, 2.75) is 37.4 Å². The number of aromatic nitrogens is 4. The van der Waals surface area contributed by atoms with Crippen molar-refractivity contribution in [3.63, 3.8) is 0 Å². The molecular weight excluding hydrogens is 416 g/mol. The maximum Gasteiger partial charge on any atom is 0.330 e. The summed E-state index contributed by atoms with van der Waals surface area (Å²) in [5.74, 6) is -4.97. The minimum Gasteiger partial charge on any atom is -0.480 e. The van der Waals surface area contributed by atoms with E-state index in [1.165, 1.54) is 18.7 Å². The summed E-state index contributed by atoms with van der Waals surface area (Å²) in [5.41, 5.74) is 13.9. The Hall–Kier alpha value is -3.98. The van der Waals surface area contributed by atoms with Crippen LogP contribution in [0.2, 0.25) is 0 Å². The van der Waals surface area contributed by atoms with Crippen molar-refractivity contribution < 1.29 is 34.5 Å². The highest BCUT2D eigenvalue weighted by molar-refractivity contribution is 5.84. The first kappa shape index (κ1) is 23.3. The molecule has 2 aromatic heterocycles. The van der Waals surface area contributed by atoms with E-state index in [2.05, 4.69) is 20.4 Å². The average molecular weight is 438 g/mol. The zero-order valence-corrected chi connectivity index (χ0v) is 16.1. The molecule has 31 heavy (non-hydrogen) atoms. The van der Waals surface area contributed by atoms with Gasteiger partial charge in [-0.25, -0.2) is 30.0 Å². The third kappa shape index (κ3) is 6.51. The maximum absolute atomic E-state index is 11.8. The molecule has 0 bridgehead atoms. The van der Waals surface area contributed by atoms with Gasteiger partial charge in [-0.15, -0.1) is 0 Å². The molecule has 0 unspecified atom stereocenters. The van der Waals surface area contributed by atoms with E-state index in [4.69, 9.17) is 16.6 Å². The average Bonchev–Trinajstić information content (AvgIpc) is 3.34. The highest BCUT2D eigenvalue weighted by Gasteiger charge is 2.32. The lowest BCUT2D eigenvalue weighted by Gasteiger charge is -2.33.